The van der Waals surface area contributed by atoms with E-state index in [2.05, 4.69) is 60.4 Å². The Morgan fingerprint density at radius 1 is 0.833 bits per heavy atom. The number of aromatic nitrogens is 1. The topological polar surface area (TPSA) is 12.9 Å². The zero-order valence-corrected chi connectivity index (χ0v) is 10.9. The molecule has 1 aromatic heterocycles. The first kappa shape index (κ1) is 12.6. The molecular weight excluding hydrogens is 242 g/mol. The van der Waals surface area contributed by atoms with Crippen LogP contribution in [0.1, 0.15) is 5.69 Å². The van der Waals surface area contributed by atoms with E-state index in [4.69, 9.17) is 0 Å². The molecule has 3 rings (SSSR count). The van der Waals surface area contributed by atoms with Gasteiger partial charge in [-0.3, -0.25) is 4.98 Å². The van der Waals surface area contributed by atoms with Crippen molar-refractivity contribution in [2.75, 3.05) is 0 Å². The highest BCUT2D eigenvalue weighted by Crippen LogP contribution is 2.25. The average molecular weight is 256 g/mol. The van der Waals surface area contributed by atoms with Crippen LogP contribution in [0.15, 0.2) is 60.8 Å². The molecule has 0 bridgehead atoms. The number of nitrogens with zero attached hydrogens (tertiary/aromatic N) is 1. The molecule has 0 aliphatic rings. The highest BCUT2D eigenvalue weighted by atomic mass is 35.5. The Kier molecular flexibility index (Phi) is 3.63. The maximum absolute atomic E-state index is 4.34. The fourth-order valence-corrected chi connectivity index (χ4v) is 2.12. The Hall–Kier alpha value is -1.86. The third-order valence-electron chi connectivity index (χ3n) is 3.07. The van der Waals surface area contributed by atoms with Crippen molar-refractivity contribution < 1.29 is 0 Å². The molecule has 0 atom stereocenters. The van der Waals surface area contributed by atoms with Gasteiger partial charge in [-0.15, -0.1) is 12.4 Å². The van der Waals surface area contributed by atoms with Crippen LogP contribution in [0.2, 0.25) is 0 Å². The standard InChI is InChI=1S/C16H13N.ClH/c1-12-16-11-15(13-5-3-2-4-6-13)8-7-14(16)9-10-17-12;/h2-11H,1H3;1H. The molecule has 3 aromatic rings. The lowest BCUT2D eigenvalue weighted by atomic mass is 10.0. The minimum atomic E-state index is 0. The van der Waals surface area contributed by atoms with Crippen molar-refractivity contribution in [1.82, 2.24) is 4.98 Å². The summed E-state index contributed by atoms with van der Waals surface area (Å²) in [6.45, 7) is 2.05. The van der Waals surface area contributed by atoms with Crippen molar-refractivity contribution in [2.24, 2.45) is 0 Å². The molecule has 1 nitrogen and oxygen atoms in total. The molecule has 2 heteroatoms. The van der Waals surface area contributed by atoms with Gasteiger partial charge < -0.3 is 0 Å². The average Bonchev–Trinajstić information content (AvgIpc) is 2.40. The van der Waals surface area contributed by atoms with Crippen LogP contribution in [0.3, 0.4) is 0 Å². The highest BCUT2D eigenvalue weighted by Gasteiger charge is 2.01. The van der Waals surface area contributed by atoms with E-state index >= 15 is 0 Å². The van der Waals surface area contributed by atoms with Gasteiger partial charge in [0.25, 0.3) is 0 Å². The molecule has 0 radical (unpaired) electrons. The number of hydrogen-bond donors (Lipinski definition) is 0. The molecule has 90 valence electrons. The summed E-state index contributed by atoms with van der Waals surface area (Å²) in [6.07, 6.45) is 1.86. The van der Waals surface area contributed by atoms with Crippen LogP contribution in [0.25, 0.3) is 21.9 Å². The van der Waals surface area contributed by atoms with Crippen LogP contribution in [0, 0.1) is 6.92 Å². The van der Waals surface area contributed by atoms with Gasteiger partial charge in [0.15, 0.2) is 0 Å². The maximum atomic E-state index is 4.34. The number of benzene rings is 2. The van der Waals surface area contributed by atoms with E-state index in [-0.39, 0.29) is 12.4 Å². The van der Waals surface area contributed by atoms with Gasteiger partial charge in [0.05, 0.1) is 0 Å². The molecule has 0 saturated carbocycles. The summed E-state index contributed by atoms with van der Waals surface area (Å²) in [6, 6.07) is 19.0. The van der Waals surface area contributed by atoms with Crippen molar-refractivity contribution in [3.63, 3.8) is 0 Å². The Morgan fingerprint density at radius 2 is 1.61 bits per heavy atom. The summed E-state index contributed by atoms with van der Waals surface area (Å²) < 4.78 is 0. The smallest absolute Gasteiger partial charge is 0.0451 e. The number of hydrogen-bond acceptors (Lipinski definition) is 1. The molecule has 18 heavy (non-hydrogen) atoms. The normalized spacial score (nSPS) is 10.1. The van der Waals surface area contributed by atoms with Crippen molar-refractivity contribution in [3.05, 3.63) is 66.5 Å². The van der Waals surface area contributed by atoms with Gasteiger partial charge >= 0.3 is 0 Å². The van der Waals surface area contributed by atoms with Crippen LogP contribution in [0.5, 0.6) is 0 Å². The number of aryl methyl sites for hydroxylation is 1. The van der Waals surface area contributed by atoms with Gasteiger partial charge in [-0.2, -0.15) is 0 Å². The second kappa shape index (κ2) is 5.19. The predicted molar refractivity (Wildman–Crippen MR) is 79.2 cm³/mol. The van der Waals surface area contributed by atoms with Crippen molar-refractivity contribution in [3.8, 4) is 11.1 Å². The van der Waals surface area contributed by atoms with Crippen LogP contribution in [0.4, 0.5) is 0 Å². The molecule has 0 amide bonds. The molecule has 0 saturated heterocycles. The van der Waals surface area contributed by atoms with E-state index in [0.717, 1.165) is 5.69 Å². The fraction of sp³-hybridized carbons (Fsp3) is 0.0625. The minimum Gasteiger partial charge on any atom is -0.261 e. The zero-order valence-electron chi connectivity index (χ0n) is 10.1. The summed E-state index contributed by atoms with van der Waals surface area (Å²) in [5.41, 5.74) is 3.58. The summed E-state index contributed by atoms with van der Waals surface area (Å²) in [5.74, 6) is 0. The lowest BCUT2D eigenvalue weighted by Crippen LogP contribution is -1.84. The first-order valence-corrected chi connectivity index (χ1v) is 5.75. The number of pyridine rings is 1. The van der Waals surface area contributed by atoms with Crippen molar-refractivity contribution >= 4 is 23.2 Å². The summed E-state index contributed by atoms with van der Waals surface area (Å²) in [5, 5.41) is 2.48. The monoisotopic (exact) mass is 255 g/mol. The number of halogens is 1. The van der Waals surface area contributed by atoms with Crippen LogP contribution >= 0.6 is 12.4 Å². The van der Waals surface area contributed by atoms with Crippen LogP contribution in [-0.2, 0) is 0 Å². The second-order valence-corrected chi connectivity index (χ2v) is 4.20. The molecule has 0 unspecified atom stereocenters. The van der Waals surface area contributed by atoms with E-state index in [1.54, 1.807) is 0 Å². The molecule has 0 spiro atoms. The SMILES string of the molecule is Cc1nccc2ccc(-c3ccccc3)cc12.Cl. The van der Waals surface area contributed by atoms with E-state index in [1.807, 2.05) is 12.3 Å². The Bertz CT molecular complexity index is 662. The van der Waals surface area contributed by atoms with Gasteiger partial charge in [0.1, 0.15) is 0 Å². The van der Waals surface area contributed by atoms with E-state index < -0.39 is 0 Å². The summed E-state index contributed by atoms with van der Waals surface area (Å²) in [7, 11) is 0. The summed E-state index contributed by atoms with van der Waals surface area (Å²) >= 11 is 0. The van der Waals surface area contributed by atoms with Gasteiger partial charge in [-0.1, -0.05) is 42.5 Å². The Morgan fingerprint density at radius 3 is 2.39 bits per heavy atom. The lowest BCUT2D eigenvalue weighted by molar-refractivity contribution is 1.24. The Labute approximate surface area is 113 Å². The largest absolute Gasteiger partial charge is 0.261 e. The molecule has 1 heterocycles. The molecule has 0 N–H and O–H groups in total. The molecular formula is C16H14ClN. The maximum Gasteiger partial charge on any atom is 0.0451 e. The van der Waals surface area contributed by atoms with Gasteiger partial charge in [0, 0.05) is 17.3 Å². The third kappa shape index (κ3) is 2.22. The fourth-order valence-electron chi connectivity index (χ4n) is 2.12. The van der Waals surface area contributed by atoms with E-state index in [0.29, 0.717) is 0 Å². The quantitative estimate of drug-likeness (QED) is 0.618. The molecule has 2 aromatic carbocycles. The first-order chi connectivity index (χ1) is 8.34. The molecule has 0 aliphatic carbocycles. The predicted octanol–water partition coefficient (Wildman–Crippen LogP) is 4.63. The van der Waals surface area contributed by atoms with Crippen LogP contribution in [-0.4, -0.2) is 4.98 Å². The number of rotatable bonds is 1. The molecule has 0 fully saturated rings. The van der Waals surface area contributed by atoms with Gasteiger partial charge in [-0.25, -0.2) is 0 Å². The second-order valence-electron chi connectivity index (χ2n) is 4.20. The minimum absolute atomic E-state index is 0. The summed E-state index contributed by atoms with van der Waals surface area (Å²) in [4.78, 5) is 4.34. The number of fused-ring (bicyclic) bond motifs is 1. The van der Waals surface area contributed by atoms with Gasteiger partial charge in [-0.05, 0) is 35.6 Å². The third-order valence-corrected chi connectivity index (χ3v) is 3.07. The van der Waals surface area contributed by atoms with Crippen molar-refractivity contribution in [1.29, 1.82) is 0 Å². The first-order valence-electron chi connectivity index (χ1n) is 5.75. The van der Waals surface area contributed by atoms with Crippen LogP contribution < -0.4 is 0 Å². The zero-order chi connectivity index (χ0) is 11.7. The lowest BCUT2D eigenvalue weighted by Gasteiger charge is -2.05. The Balaban J connectivity index is 0.00000120. The van der Waals surface area contributed by atoms with E-state index in [1.165, 1.54) is 21.9 Å². The molecule has 0 aliphatic heterocycles. The highest BCUT2D eigenvalue weighted by molar-refractivity contribution is 5.88. The van der Waals surface area contributed by atoms with Gasteiger partial charge in [0.2, 0.25) is 0 Å². The van der Waals surface area contributed by atoms with Crippen molar-refractivity contribution in [2.45, 2.75) is 6.92 Å². The van der Waals surface area contributed by atoms with E-state index in [9.17, 15) is 0 Å².